The SMILES string of the molecule is [CH2-]CC(=O)CNC(=O)OC(C)(C)C.[Y]. The van der Waals surface area contributed by atoms with Crippen LogP contribution in [0.25, 0.3) is 0 Å². The molecular weight excluding hydrogens is 259 g/mol. The number of hydrogen-bond donors (Lipinski definition) is 1. The first-order valence-corrected chi connectivity index (χ1v) is 4.13. The number of amides is 1. The van der Waals surface area contributed by atoms with Crippen molar-refractivity contribution in [3.8, 4) is 0 Å². The van der Waals surface area contributed by atoms with Gasteiger partial charge in [0, 0.05) is 32.7 Å². The van der Waals surface area contributed by atoms with Crippen molar-refractivity contribution in [1.82, 2.24) is 5.32 Å². The minimum Gasteiger partial charge on any atom is -0.444 e. The average molecular weight is 275 g/mol. The van der Waals surface area contributed by atoms with Gasteiger partial charge in [-0.2, -0.15) is 0 Å². The summed E-state index contributed by atoms with van der Waals surface area (Å²) in [5.74, 6) is -0.120. The first kappa shape index (κ1) is 16.5. The molecule has 0 rings (SSSR count). The molecule has 1 radical (unpaired) electrons. The fourth-order valence-corrected chi connectivity index (χ4v) is 0.573. The summed E-state index contributed by atoms with van der Waals surface area (Å²) in [6, 6.07) is 0. The van der Waals surface area contributed by atoms with Crippen molar-refractivity contribution in [1.29, 1.82) is 0 Å². The summed E-state index contributed by atoms with van der Waals surface area (Å²) in [5.41, 5.74) is -0.530. The van der Waals surface area contributed by atoms with Gasteiger partial charge in [-0.15, -0.1) is 6.42 Å². The van der Waals surface area contributed by atoms with E-state index in [1.807, 2.05) is 0 Å². The van der Waals surface area contributed by atoms with Crippen LogP contribution < -0.4 is 5.32 Å². The van der Waals surface area contributed by atoms with Crippen LogP contribution >= 0.6 is 0 Å². The van der Waals surface area contributed by atoms with Crippen LogP contribution in [-0.2, 0) is 42.2 Å². The molecule has 0 aromatic rings. The molecule has 0 heterocycles. The molecule has 0 aliphatic rings. The Kier molecular flexibility index (Phi) is 8.65. The maximum atomic E-state index is 11.0. The van der Waals surface area contributed by atoms with Gasteiger partial charge in [-0.25, -0.2) is 4.79 Å². The van der Waals surface area contributed by atoms with E-state index in [1.54, 1.807) is 20.8 Å². The molecule has 0 spiro atoms. The van der Waals surface area contributed by atoms with Gasteiger partial charge in [0.25, 0.3) is 0 Å². The van der Waals surface area contributed by atoms with Crippen LogP contribution in [0.4, 0.5) is 4.79 Å². The van der Waals surface area contributed by atoms with Crippen LogP contribution in [0.1, 0.15) is 27.2 Å². The molecule has 0 saturated heterocycles. The van der Waals surface area contributed by atoms with E-state index in [-0.39, 0.29) is 51.5 Å². The maximum Gasteiger partial charge on any atom is 0.408 e. The Bertz CT molecular complexity index is 199. The van der Waals surface area contributed by atoms with Gasteiger partial charge in [-0.3, -0.25) is 0 Å². The largest absolute Gasteiger partial charge is 0.444 e. The number of ketones is 1. The minimum absolute atomic E-state index is 0. The molecule has 4 nitrogen and oxygen atoms in total. The molecule has 0 aromatic heterocycles. The number of carbonyl (C=O) groups excluding carboxylic acids is 2. The van der Waals surface area contributed by atoms with E-state index in [0.717, 1.165) is 0 Å². The van der Waals surface area contributed by atoms with Crippen molar-refractivity contribution in [2.75, 3.05) is 6.54 Å². The first-order chi connectivity index (χ1) is 5.85. The Morgan fingerprint density at radius 2 is 1.86 bits per heavy atom. The third kappa shape index (κ3) is 10.1. The van der Waals surface area contributed by atoms with Crippen molar-refractivity contribution in [2.45, 2.75) is 32.8 Å². The number of hydrogen-bond acceptors (Lipinski definition) is 3. The molecule has 14 heavy (non-hydrogen) atoms. The standard InChI is InChI=1S/C9H16NO3.Y/c1-5-7(11)6-10-8(12)13-9(2,3)4;/h1,5-6H2,2-4H3,(H,10,12);/q-1;. The number of Topliss-reactive ketones (excluding diaryl/α,β-unsaturated/α-hetero) is 1. The van der Waals surface area contributed by atoms with Gasteiger partial charge < -0.3 is 21.8 Å². The predicted octanol–water partition coefficient (Wildman–Crippen LogP) is 1.30. The Balaban J connectivity index is 0. The van der Waals surface area contributed by atoms with Gasteiger partial charge in [-0.05, 0) is 20.8 Å². The van der Waals surface area contributed by atoms with Crippen LogP contribution in [0, 0.1) is 6.92 Å². The monoisotopic (exact) mass is 275 g/mol. The normalized spacial score (nSPS) is 10.0. The molecule has 1 N–H and O–H groups in total. The van der Waals surface area contributed by atoms with E-state index in [0.29, 0.717) is 0 Å². The van der Waals surface area contributed by atoms with E-state index in [4.69, 9.17) is 4.74 Å². The van der Waals surface area contributed by atoms with Crippen LogP contribution in [0.5, 0.6) is 0 Å². The van der Waals surface area contributed by atoms with Gasteiger partial charge in [-0.1, -0.05) is 0 Å². The van der Waals surface area contributed by atoms with Crippen LogP contribution in [0.15, 0.2) is 0 Å². The third-order valence-corrected chi connectivity index (χ3v) is 1.11. The second-order valence-electron chi connectivity index (χ2n) is 3.64. The van der Waals surface area contributed by atoms with Gasteiger partial charge in [0.1, 0.15) is 11.4 Å². The molecule has 0 aliphatic heterocycles. The van der Waals surface area contributed by atoms with Gasteiger partial charge >= 0.3 is 6.09 Å². The summed E-state index contributed by atoms with van der Waals surface area (Å²) in [7, 11) is 0. The topological polar surface area (TPSA) is 55.4 Å². The number of alkyl carbamates (subject to hydrolysis) is 1. The van der Waals surface area contributed by atoms with E-state index >= 15 is 0 Å². The molecule has 0 saturated carbocycles. The Morgan fingerprint density at radius 1 is 1.36 bits per heavy atom. The molecule has 0 fully saturated rings. The van der Waals surface area contributed by atoms with E-state index in [2.05, 4.69) is 12.2 Å². The van der Waals surface area contributed by atoms with Crippen molar-refractivity contribution in [3.63, 3.8) is 0 Å². The van der Waals surface area contributed by atoms with Gasteiger partial charge in [0.2, 0.25) is 0 Å². The minimum atomic E-state index is -0.575. The van der Waals surface area contributed by atoms with Crippen molar-refractivity contribution in [3.05, 3.63) is 6.92 Å². The van der Waals surface area contributed by atoms with Gasteiger partial charge in [0.15, 0.2) is 0 Å². The molecule has 0 atom stereocenters. The number of ether oxygens (including phenoxy) is 1. The summed E-state index contributed by atoms with van der Waals surface area (Å²) in [5, 5.41) is 2.34. The second kappa shape index (κ2) is 7.35. The Labute approximate surface area is 110 Å². The number of rotatable bonds is 3. The zero-order valence-corrected chi connectivity index (χ0v) is 11.8. The van der Waals surface area contributed by atoms with Crippen LogP contribution in [0.2, 0.25) is 0 Å². The molecule has 79 valence electrons. The molecule has 0 unspecified atom stereocenters. The summed E-state index contributed by atoms with van der Waals surface area (Å²) in [4.78, 5) is 21.7. The second-order valence-corrected chi connectivity index (χ2v) is 3.64. The van der Waals surface area contributed by atoms with Crippen LogP contribution in [0.3, 0.4) is 0 Å². The number of nitrogens with one attached hydrogen (secondary N) is 1. The Hall–Kier alpha value is 0.0439. The quantitative estimate of drug-likeness (QED) is 0.790. The summed E-state index contributed by atoms with van der Waals surface area (Å²) in [6.07, 6.45) is -0.398. The van der Waals surface area contributed by atoms with Crippen molar-refractivity contribution in [2.24, 2.45) is 0 Å². The molecule has 0 aromatic carbocycles. The third-order valence-electron chi connectivity index (χ3n) is 1.11. The van der Waals surface area contributed by atoms with Crippen LogP contribution in [-0.4, -0.2) is 24.0 Å². The van der Waals surface area contributed by atoms with E-state index in [1.165, 1.54) is 0 Å². The molecule has 0 aliphatic carbocycles. The van der Waals surface area contributed by atoms with Gasteiger partial charge in [0.05, 0.1) is 6.54 Å². The van der Waals surface area contributed by atoms with E-state index < -0.39 is 11.7 Å². The predicted molar refractivity (Wildman–Crippen MR) is 49.2 cm³/mol. The average Bonchev–Trinajstić information content (AvgIpc) is 1.97. The fourth-order valence-electron chi connectivity index (χ4n) is 0.573. The zero-order chi connectivity index (χ0) is 10.5. The molecule has 5 heteroatoms. The smallest absolute Gasteiger partial charge is 0.408 e. The number of carbonyl (C=O) groups is 2. The zero-order valence-electron chi connectivity index (χ0n) is 8.92. The van der Waals surface area contributed by atoms with Crippen molar-refractivity contribution < 1.29 is 47.0 Å². The summed E-state index contributed by atoms with van der Waals surface area (Å²) in [6.45, 7) is 8.66. The van der Waals surface area contributed by atoms with Crippen molar-refractivity contribution >= 4 is 11.9 Å². The van der Waals surface area contributed by atoms with E-state index in [9.17, 15) is 9.59 Å². The fraction of sp³-hybridized carbons (Fsp3) is 0.667. The Morgan fingerprint density at radius 3 is 2.21 bits per heavy atom. The molecule has 0 bridgehead atoms. The maximum absolute atomic E-state index is 11.0. The summed E-state index contributed by atoms with van der Waals surface area (Å²) >= 11 is 0. The molecular formula is C9H16NO3Y-. The summed E-state index contributed by atoms with van der Waals surface area (Å²) < 4.78 is 4.91. The molecule has 1 amide bonds. The first-order valence-electron chi connectivity index (χ1n) is 4.13.